The fourth-order valence-corrected chi connectivity index (χ4v) is 3.59. The molecule has 0 saturated carbocycles. The van der Waals surface area contributed by atoms with Crippen LogP contribution in [-0.2, 0) is 21.3 Å². The highest BCUT2D eigenvalue weighted by Crippen LogP contribution is 2.38. The lowest BCUT2D eigenvalue weighted by Gasteiger charge is -2.34. The summed E-state index contributed by atoms with van der Waals surface area (Å²) >= 11 is 0. The molecule has 1 fully saturated rings. The van der Waals surface area contributed by atoms with Crippen LogP contribution in [0.4, 0.5) is 0 Å². The van der Waals surface area contributed by atoms with Crippen LogP contribution in [0.3, 0.4) is 0 Å². The van der Waals surface area contributed by atoms with Crippen molar-refractivity contribution in [1.82, 2.24) is 0 Å². The molecule has 1 heterocycles. The molecule has 1 aliphatic carbocycles. The van der Waals surface area contributed by atoms with Crippen LogP contribution in [0.2, 0.25) is 0 Å². The maximum atomic E-state index is 13.0. The number of carbonyl (C=O) groups excluding carboxylic acids is 1. The number of aryl methyl sites for hydroxylation is 1. The lowest BCUT2D eigenvalue weighted by molar-refractivity contribution is -0.0441. The van der Waals surface area contributed by atoms with E-state index in [1.54, 1.807) is 0 Å². The van der Waals surface area contributed by atoms with Crippen LogP contribution >= 0.6 is 0 Å². The third kappa shape index (κ3) is 2.41. The summed E-state index contributed by atoms with van der Waals surface area (Å²) in [5.41, 5.74) is 3.66. The number of carbonyl (C=O) groups is 1. The third-order valence-corrected chi connectivity index (χ3v) is 5.10. The van der Waals surface area contributed by atoms with Gasteiger partial charge in [0, 0.05) is 11.1 Å². The molecule has 23 heavy (non-hydrogen) atoms. The highest BCUT2D eigenvalue weighted by Gasteiger charge is 2.39. The normalized spacial score (nSPS) is 24.7. The van der Waals surface area contributed by atoms with Gasteiger partial charge in [0.1, 0.15) is 0 Å². The van der Waals surface area contributed by atoms with Gasteiger partial charge in [-0.05, 0) is 30.9 Å². The molecule has 1 unspecified atom stereocenters. The largest absolute Gasteiger partial charge is 0.346 e. The van der Waals surface area contributed by atoms with Crippen LogP contribution in [0.1, 0.15) is 46.7 Å². The van der Waals surface area contributed by atoms with Gasteiger partial charge in [0.15, 0.2) is 12.1 Å². The molecule has 3 heteroatoms. The van der Waals surface area contributed by atoms with Gasteiger partial charge < -0.3 is 9.47 Å². The maximum absolute atomic E-state index is 13.0. The average Bonchev–Trinajstić information content (AvgIpc) is 3.13. The molecular weight excluding hydrogens is 288 g/mol. The van der Waals surface area contributed by atoms with Crippen molar-refractivity contribution in [2.75, 3.05) is 13.2 Å². The topological polar surface area (TPSA) is 35.5 Å². The van der Waals surface area contributed by atoms with E-state index < -0.39 is 5.41 Å². The summed E-state index contributed by atoms with van der Waals surface area (Å²) in [5, 5.41) is 0. The summed E-state index contributed by atoms with van der Waals surface area (Å²) in [4.78, 5) is 13.0. The number of hydrogen-bond donors (Lipinski definition) is 0. The predicted octanol–water partition coefficient (Wildman–Crippen LogP) is 3.82. The van der Waals surface area contributed by atoms with Crippen LogP contribution in [-0.4, -0.2) is 19.0 Å². The lowest BCUT2D eigenvalue weighted by Crippen LogP contribution is -2.37. The minimum absolute atomic E-state index is 0.223. The molecule has 0 amide bonds. The molecule has 2 aromatic carbocycles. The number of ether oxygens (including phenoxy) is 2. The average molecular weight is 308 g/mol. The zero-order valence-electron chi connectivity index (χ0n) is 13.2. The van der Waals surface area contributed by atoms with Crippen molar-refractivity contribution in [3.8, 4) is 0 Å². The summed E-state index contributed by atoms with van der Waals surface area (Å²) in [6, 6.07) is 16.1. The van der Waals surface area contributed by atoms with Crippen molar-refractivity contribution in [1.29, 1.82) is 0 Å². The first-order chi connectivity index (χ1) is 11.2. The first-order valence-electron chi connectivity index (χ1n) is 8.15. The van der Waals surface area contributed by atoms with E-state index in [2.05, 4.69) is 13.0 Å². The Labute approximate surface area is 136 Å². The molecule has 1 atom stereocenters. The minimum atomic E-state index is -0.454. The predicted molar refractivity (Wildman–Crippen MR) is 87.5 cm³/mol. The van der Waals surface area contributed by atoms with Crippen LogP contribution in [0.5, 0.6) is 0 Å². The van der Waals surface area contributed by atoms with E-state index in [9.17, 15) is 4.79 Å². The summed E-state index contributed by atoms with van der Waals surface area (Å²) < 4.78 is 11.1. The van der Waals surface area contributed by atoms with Gasteiger partial charge in [-0.1, -0.05) is 48.5 Å². The van der Waals surface area contributed by atoms with E-state index >= 15 is 0 Å². The van der Waals surface area contributed by atoms with Gasteiger partial charge in [-0.25, -0.2) is 0 Å². The summed E-state index contributed by atoms with van der Waals surface area (Å²) in [6.07, 6.45) is 1.52. The number of Topliss-reactive ketones (excluding diaryl/α,β-unsaturated/α-hetero) is 1. The Hall–Kier alpha value is -1.97. The summed E-state index contributed by atoms with van der Waals surface area (Å²) in [7, 11) is 0. The molecule has 0 bridgehead atoms. The monoisotopic (exact) mass is 308 g/mol. The van der Waals surface area contributed by atoms with Gasteiger partial charge >= 0.3 is 0 Å². The lowest BCUT2D eigenvalue weighted by atomic mass is 9.68. The highest BCUT2D eigenvalue weighted by molar-refractivity contribution is 6.06. The van der Waals surface area contributed by atoms with E-state index in [0.717, 1.165) is 29.5 Å². The van der Waals surface area contributed by atoms with Crippen molar-refractivity contribution >= 4 is 5.78 Å². The van der Waals surface area contributed by atoms with Crippen LogP contribution in [0, 0.1) is 0 Å². The van der Waals surface area contributed by atoms with E-state index in [1.165, 1.54) is 5.56 Å². The quantitative estimate of drug-likeness (QED) is 0.846. The number of ketones is 1. The fraction of sp³-hybridized carbons (Fsp3) is 0.350. The summed E-state index contributed by atoms with van der Waals surface area (Å²) in [6.45, 7) is 3.33. The number of benzene rings is 2. The maximum Gasteiger partial charge on any atom is 0.184 e. The van der Waals surface area contributed by atoms with Crippen molar-refractivity contribution in [3.05, 3.63) is 70.8 Å². The van der Waals surface area contributed by atoms with Gasteiger partial charge in [0.2, 0.25) is 0 Å². The molecule has 0 aromatic heterocycles. The molecule has 0 N–H and O–H groups in total. The van der Waals surface area contributed by atoms with Crippen LogP contribution in [0.25, 0.3) is 0 Å². The molecule has 1 saturated heterocycles. The molecular formula is C20H20O3. The second-order valence-corrected chi connectivity index (χ2v) is 6.51. The zero-order chi connectivity index (χ0) is 15.9. The van der Waals surface area contributed by atoms with Gasteiger partial charge in [0.25, 0.3) is 0 Å². The second kappa shape index (κ2) is 5.59. The van der Waals surface area contributed by atoms with E-state index in [4.69, 9.17) is 9.47 Å². The first kappa shape index (κ1) is 14.6. The molecule has 1 aliphatic heterocycles. The third-order valence-electron chi connectivity index (χ3n) is 5.10. The SMILES string of the molecule is CC1(c2ccc(C3OCCO3)cc2)CCc2ccccc2C1=O. The van der Waals surface area contributed by atoms with Crippen LogP contribution < -0.4 is 0 Å². The fourth-order valence-electron chi connectivity index (χ4n) is 3.59. The van der Waals surface area contributed by atoms with Gasteiger partial charge in [-0.2, -0.15) is 0 Å². The standard InChI is InChI=1S/C20H20O3/c1-20(11-10-14-4-2-3-5-17(14)18(20)21)16-8-6-15(7-9-16)19-22-12-13-23-19/h2-9,19H,10-13H2,1H3. The Morgan fingerprint density at radius 1 is 1.00 bits per heavy atom. The number of rotatable bonds is 2. The van der Waals surface area contributed by atoms with Crippen molar-refractivity contribution < 1.29 is 14.3 Å². The van der Waals surface area contributed by atoms with Crippen molar-refractivity contribution in [2.45, 2.75) is 31.5 Å². The molecule has 0 radical (unpaired) electrons. The van der Waals surface area contributed by atoms with E-state index in [0.29, 0.717) is 13.2 Å². The molecule has 118 valence electrons. The van der Waals surface area contributed by atoms with E-state index in [1.807, 2.05) is 42.5 Å². The highest BCUT2D eigenvalue weighted by atomic mass is 16.7. The molecule has 2 aliphatic rings. The van der Waals surface area contributed by atoms with Gasteiger partial charge in [-0.3, -0.25) is 4.79 Å². The first-order valence-corrected chi connectivity index (χ1v) is 8.15. The Morgan fingerprint density at radius 3 is 2.43 bits per heavy atom. The zero-order valence-corrected chi connectivity index (χ0v) is 13.2. The number of fused-ring (bicyclic) bond motifs is 1. The van der Waals surface area contributed by atoms with Crippen LogP contribution in [0.15, 0.2) is 48.5 Å². The molecule has 2 aromatic rings. The Balaban J connectivity index is 1.65. The second-order valence-electron chi connectivity index (χ2n) is 6.51. The smallest absolute Gasteiger partial charge is 0.184 e. The number of hydrogen-bond acceptors (Lipinski definition) is 3. The Bertz CT molecular complexity index is 729. The molecule has 4 rings (SSSR count). The van der Waals surface area contributed by atoms with E-state index in [-0.39, 0.29) is 12.1 Å². The van der Waals surface area contributed by atoms with Crippen molar-refractivity contribution in [3.63, 3.8) is 0 Å². The van der Waals surface area contributed by atoms with Gasteiger partial charge in [0.05, 0.1) is 18.6 Å². The summed E-state index contributed by atoms with van der Waals surface area (Å²) in [5.74, 6) is 0.223. The Kier molecular flexibility index (Phi) is 3.55. The van der Waals surface area contributed by atoms with Crippen molar-refractivity contribution in [2.24, 2.45) is 0 Å². The van der Waals surface area contributed by atoms with Gasteiger partial charge in [-0.15, -0.1) is 0 Å². The molecule has 3 nitrogen and oxygen atoms in total. The minimum Gasteiger partial charge on any atom is -0.346 e. The Morgan fingerprint density at radius 2 is 1.70 bits per heavy atom. The molecule has 0 spiro atoms.